The summed E-state index contributed by atoms with van der Waals surface area (Å²) in [4.78, 5) is 0. The Morgan fingerprint density at radius 2 is 0.905 bits per heavy atom. The molecule has 0 heterocycles. The van der Waals surface area contributed by atoms with Gasteiger partial charge >= 0.3 is 0 Å². The molecular weight excluding hydrogens is 300 g/mol. The summed E-state index contributed by atoms with van der Waals surface area (Å²) >= 11 is 0. The Morgan fingerprint density at radius 3 is 1.10 bits per heavy atom. The van der Waals surface area contributed by atoms with Crippen molar-refractivity contribution in [3.8, 4) is 0 Å². The Morgan fingerprint density at radius 1 is 0.667 bits per heavy atom. The second-order valence-electron chi connectivity index (χ2n) is 5.55. The maximum Gasteiger partial charge on any atom is 0.0483 e. The average molecular weight is 341 g/mol. The van der Waals surface area contributed by atoms with Gasteiger partial charge in [0.1, 0.15) is 0 Å². The SMILES string of the molecule is CC(C)O.CC(C)O.CC(C)O.[CH2-]CCCCCCC.[Ti]. The average Bonchev–Trinajstić information content (AvgIpc) is 2.22. The zero-order chi connectivity index (χ0) is 17.0. The van der Waals surface area contributed by atoms with Crippen LogP contribution in [0, 0.1) is 6.92 Å². The van der Waals surface area contributed by atoms with Crippen LogP contribution in [0.5, 0.6) is 0 Å². The van der Waals surface area contributed by atoms with Crippen molar-refractivity contribution >= 4 is 0 Å². The molecule has 3 nitrogen and oxygen atoms in total. The van der Waals surface area contributed by atoms with Crippen LogP contribution in [0.3, 0.4) is 0 Å². The summed E-state index contributed by atoms with van der Waals surface area (Å²) in [5.41, 5.74) is 0. The van der Waals surface area contributed by atoms with Gasteiger partial charge in [0.25, 0.3) is 0 Å². The Labute approximate surface area is 149 Å². The Bertz CT molecular complexity index is 101. The molecule has 132 valence electrons. The normalized spacial score (nSPS) is 8.86. The summed E-state index contributed by atoms with van der Waals surface area (Å²) in [5.74, 6) is 0. The summed E-state index contributed by atoms with van der Waals surface area (Å²) < 4.78 is 0. The van der Waals surface area contributed by atoms with Gasteiger partial charge in [-0.05, 0) is 41.5 Å². The smallest absolute Gasteiger partial charge is 0.0483 e. The molecule has 0 aliphatic carbocycles. The molecule has 0 saturated heterocycles. The molecule has 0 saturated carbocycles. The second-order valence-corrected chi connectivity index (χ2v) is 5.55. The van der Waals surface area contributed by atoms with E-state index in [1.165, 1.54) is 32.1 Å². The van der Waals surface area contributed by atoms with Crippen LogP contribution < -0.4 is 0 Å². The molecule has 0 radical (unpaired) electrons. The summed E-state index contributed by atoms with van der Waals surface area (Å²) in [6.45, 7) is 16.4. The van der Waals surface area contributed by atoms with Gasteiger partial charge in [0.15, 0.2) is 0 Å². The van der Waals surface area contributed by atoms with Crippen LogP contribution in [0.15, 0.2) is 0 Å². The molecule has 21 heavy (non-hydrogen) atoms. The number of hydrogen-bond donors (Lipinski definition) is 3. The summed E-state index contributed by atoms with van der Waals surface area (Å²) in [7, 11) is 0. The Kier molecular flexibility index (Phi) is 51.5. The fourth-order valence-electron chi connectivity index (χ4n) is 0.780. The third kappa shape index (κ3) is 228. The number of aliphatic hydroxyl groups excluding tert-OH is 3. The van der Waals surface area contributed by atoms with E-state index in [4.69, 9.17) is 15.3 Å². The van der Waals surface area contributed by atoms with Crippen LogP contribution in [0.2, 0.25) is 0 Å². The summed E-state index contributed by atoms with van der Waals surface area (Å²) in [6, 6.07) is 0. The monoisotopic (exact) mass is 341 g/mol. The first-order valence-electron chi connectivity index (χ1n) is 7.95. The van der Waals surface area contributed by atoms with E-state index in [1.807, 2.05) is 0 Å². The van der Waals surface area contributed by atoms with E-state index in [9.17, 15) is 0 Å². The molecular formula is C17H41O3Ti-. The Balaban J connectivity index is -0.0000000570. The van der Waals surface area contributed by atoms with Crippen LogP contribution in [-0.2, 0) is 21.7 Å². The molecule has 0 bridgehead atoms. The maximum absolute atomic E-state index is 8.06. The molecule has 0 amide bonds. The Hall–Kier alpha value is 0.594. The van der Waals surface area contributed by atoms with Crippen molar-refractivity contribution in [3.63, 3.8) is 0 Å². The molecule has 0 atom stereocenters. The van der Waals surface area contributed by atoms with Crippen LogP contribution >= 0.6 is 0 Å². The van der Waals surface area contributed by atoms with E-state index in [2.05, 4.69) is 13.8 Å². The van der Waals surface area contributed by atoms with E-state index in [1.54, 1.807) is 41.5 Å². The second kappa shape index (κ2) is 32.5. The number of rotatable bonds is 5. The molecule has 0 aromatic heterocycles. The molecule has 0 aromatic rings. The zero-order valence-corrected chi connectivity index (χ0v) is 17.1. The molecule has 0 aromatic carbocycles. The van der Waals surface area contributed by atoms with Gasteiger partial charge in [-0.15, -0.1) is 0 Å². The zero-order valence-electron chi connectivity index (χ0n) is 15.5. The molecule has 0 unspecified atom stereocenters. The van der Waals surface area contributed by atoms with Gasteiger partial charge in [-0.1, -0.05) is 39.0 Å². The maximum atomic E-state index is 8.06. The van der Waals surface area contributed by atoms with E-state index in [0.29, 0.717) is 0 Å². The van der Waals surface area contributed by atoms with Crippen LogP contribution in [0.1, 0.15) is 87.0 Å². The van der Waals surface area contributed by atoms with Gasteiger partial charge in [-0.2, -0.15) is 6.42 Å². The number of hydrogen-bond acceptors (Lipinski definition) is 3. The predicted molar refractivity (Wildman–Crippen MR) is 90.8 cm³/mol. The quantitative estimate of drug-likeness (QED) is 0.396. The van der Waals surface area contributed by atoms with E-state index >= 15 is 0 Å². The predicted octanol–water partition coefficient (Wildman–Crippen LogP) is 4.34. The first-order chi connectivity index (χ1) is 9.11. The molecule has 0 rings (SSSR count). The first-order valence-corrected chi connectivity index (χ1v) is 7.95. The number of unbranched alkanes of at least 4 members (excludes halogenated alkanes) is 5. The van der Waals surface area contributed by atoms with E-state index in [-0.39, 0.29) is 40.0 Å². The van der Waals surface area contributed by atoms with Crippen LogP contribution in [0.4, 0.5) is 0 Å². The van der Waals surface area contributed by atoms with Gasteiger partial charge in [0.05, 0.1) is 0 Å². The van der Waals surface area contributed by atoms with Crippen molar-refractivity contribution < 1.29 is 37.0 Å². The first kappa shape index (κ1) is 33.3. The van der Waals surface area contributed by atoms with Crippen molar-refractivity contribution in [3.05, 3.63) is 6.92 Å². The van der Waals surface area contributed by atoms with E-state index < -0.39 is 0 Å². The van der Waals surface area contributed by atoms with Crippen molar-refractivity contribution in [2.45, 2.75) is 105 Å². The molecule has 0 aliphatic rings. The van der Waals surface area contributed by atoms with Crippen LogP contribution in [-0.4, -0.2) is 33.6 Å². The minimum atomic E-state index is -0.167. The minimum Gasteiger partial charge on any atom is -0.394 e. The number of aliphatic hydroxyl groups is 3. The molecule has 0 aliphatic heterocycles. The van der Waals surface area contributed by atoms with Gasteiger partial charge in [0, 0.05) is 40.0 Å². The standard InChI is InChI=1S/C8H17.3C3H8O.Ti/c1-3-5-7-8-6-4-2;3*1-3(2)4;/h1,3-8H2,2H3;3*3-4H,1-2H3;/q-1;;;;. The van der Waals surface area contributed by atoms with Crippen LogP contribution in [0.25, 0.3) is 0 Å². The fourth-order valence-corrected chi connectivity index (χ4v) is 0.780. The van der Waals surface area contributed by atoms with Gasteiger partial charge in [0.2, 0.25) is 0 Å². The van der Waals surface area contributed by atoms with Crippen molar-refractivity contribution in [2.24, 2.45) is 0 Å². The van der Waals surface area contributed by atoms with Gasteiger partial charge in [-0.3, -0.25) is 0 Å². The molecule has 4 heteroatoms. The van der Waals surface area contributed by atoms with Crippen molar-refractivity contribution in [1.82, 2.24) is 0 Å². The molecule has 0 fully saturated rings. The molecule has 3 N–H and O–H groups in total. The van der Waals surface area contributed by atoms with E-state index in [0.717, 1.165) is 6.42 Å². The summed E-state index contributed by atoms with van der Waals surface area (Å²) in [6.07, 6.45) is 7.48. The third-order valence-corrected chi connectivity index (χ3v) is 1.35. The third-order valence-electron chi connectivity index (χ3n) is 1.35. The van der Waals surface area contributed by atoms with Gasteiger partial charge in [-0.25, -0.2) is 0 Å². The topological polar surface area (TPSA) is 60.7 Å². The van der Waals surface area contributed by atoms with Crippen molar-refractivity contribution in [1.29, 1.82) is 0 Å². The minimum absolute atomic E-state index is 0. The fraction of sp³-hybridized carbons (Fsp3) is 0.941. The summed E-state index contributed by atoms with van der Waals surface area (Å²) in [5, 5.41) is 24.2. The largest absolute Gasteiger partial charge is 0.394 e. The van der Waals surface area contributed by atoms with Gasteiger partial charge < -0.3 is 22.2 Å². The molecule has 0 spiro atoms. The van der Waals surface area contributed by atoms with Crippen molar-refractivity contribution in [2.75, 3.05) is 0 Å².